The van der Waals surface area contributed by atoms with Crippen LogP contribution in [0.1, 0.15) is 77.6 Å². The molecule has 0 aromatic rings. The SMILES string of the molecule is CC1C/C2=C\CCCCCCCCCC(OO)(C1)O2. The summed E-state index contributed by atoms with van der Waals surface area (Å²) in [5.41, 5.74) is 0. The van der Waals surface area contributed by atoms with Gasteiger partial charge in [0.1, 0.15) is 0 Å². The highest BCUT2D eigenvalue weighted by Gasteiger charge is 2.40. The van der Waals surface area contributed by atoms with Crippen molar-refractivity contribution in [1.82, 2.24) is 0 Å². The van der Waals surface area contributed by atoms with E-state index in [-0.39, 0.29) is 0 Å². The third kappa shape index (κ3) is 4.50. The Labute approximate surface area is 116 Å². The zero-order valence-electron chi connectivity index (χ0n) is 12.2. The molecule has 0 aromatic carbocycles. The summed E-state index contributed by atoms with van der Waals surface area (Å²) in [6.07, 6.45) is 14.7. The predicted molar refractivity (Wildman–Crippen MR) is 75.6 cm³/mol. The second-order valence-electron chi connectivity index (χ2n) is 6.30. The van der Waals surface area contributed by atoms with Crippen LogP contribution in [0.15, 0.2) is 11.8 Å². The van der Waals surface area contributed by atoms with E-state index in [1.165, 1.54) is 38.5 Å². The largest absolute Gasteiger partial charge is 0.464 e. The number of rotatable bonds is 1. The Balaban J connectivity index is 2.05. The lowest BCUT2D eigenvalue weighted by molar-refractivity contribution is -0.408. The van der Waals surface area contributed by atoms with E-state index in [2.05, 4.69) is 13.0 Å². The van der Waals surface area contributed by atoms with Gasteiger partial charge in [-0.1, -0.05) is 39.0 Å². The Bertz CT molecular complexity index is 300. The van der Waals surface area contributed by atoms with Crippen molar-refractivity contribution in [2.75, 3.05) is 0 Å². The van der Waals surface area contributed by atoms with E-state index in [4.69, 9.17) is 9.62 Å². The number of allylic oxidation sites excluding steroid dienone is 2. The Morgan fingerprint density at radius 1 is 1.16 bits per heavy atom. The molecule has 2 atom stereocenters. The molecule has 19 heavy (non-hydrogen) atoms. The first-order chi connectivity index (χ1) is 9.24. The molecule has 0 aliphatic carbocycles. The smallest absolute Gasteiger partial charge is 0.240 e. The molecule has 0 spiro atoms. The van der Waals surface area contributed by atoms with Gasteiger partial charge >= 0.3 is 0 Å². The van der Waals surface area contributed by atoms with Crippen molar-refractivity contribution in [2.45, 2.75) is 83.3 Å². The number of hydrogen-bond donors (Lipinski definition) is 1. The standard InChI is InChI=1S/C16H28O3/c1-14-12-15-10-8-6-4-2-3-5-7-9-11-16(13-14,18-15)19-17/h10,14,17H,2-9,11-13H2,1H3/b15-10+. The van der Waals surface area contributed by atoms with Gasteiger partial charge in [0, 0.05) is 19.3 Å². The van der Waals surface area contributed by atoms with Gasteiger partial charge in [-0.2, -0.15) is 4.89 Å². The zero-order chi connectivity index (χ0) is 13.6. The molecule has 2 bridgehead atoms. The quantitative estimate of drug-likeness (QED) is 0.535. The predicted octanol–water partition coefficient (Wildman–Crippen LogP) is 5.03. The molecule has 1 saturated heterocycles. The second-order valence-corrected chi connectivity index (χ2v) is 6.30. The monoisotopic (exact) mass is 268 g/mol. The molecule has 2 unspecified atom stereocenters. The molecule has 1 N–H and O–H groups in total. The van der Waals surface area contributed by atoms with Crippen LogP contribution in [0.3, 0.4) is 0 Å². The summed E-state index contributed by atoms with van der Waals surface area (Å²) in [4.78, 5) is 4.79. The van der Waals surface area contributed by atoms with Gasteiger partial charge in [0.2, 0.25) is 5.79 Å². The lowest BCUT2D eigenvalue weighted by Gasteiger charge is -2.39. The molecule has 0 amide bonds. The molecule has 110 valence electrons. The van der Waals surface area contributed by atoms with Crippen molar-refractivity contribution in [2.24, 2.45) is 5.92 Å². The van der Waals surface area contributed by atoms with E-state index in [1.54, 1.807) is 0 Å². The van der Waals surface area contributed by atoms with E-state index in [0.717, 1.165) is 37.9 Å². The van der Waals surface area contributed by atoms with Gasteiger partial charge in [-0.05, 0) is 31.3 Å². The minimum Gasteiger partial charge on any atom is -0.464 e. The fourth-order valence-electron chi connectivity index (χ4n) is 3.33. The highest BCUT2D eigenvalue weighted by atomic mass is 17.1. The van der Waals surface area contributed by atoms with Crippen LogP contribution in [-0.4, -0.2) is 11.0 Å². The maximum atomic E-state index is 9.32. The first-order valence-electron chi connectivity index (χ1n) is 7.95. The van der Waals surface area contributed by atoms with Gasteiger partial charge in [0.25, 0.3) is 0 Å². The van der Waals surface area contributed by atoms with E-state index in [1.807, 2.05) is 0 Å². The molecule has 1 fully saturated rings. The normalized spacial score (nSPS) is 36.9. The fourth-order valence-corrected chi connectivity index (χ4v) is 3.33. The Morgan fingerprint density at radius 2 is 1.84 bits per heavy atom. The first-order valence-corrected chi connectivity index (χ1v) is 7.95. The van der Waals surface area contributed by atoms with Crippen LogP contribution in [0.5, 0.6) is 0 Å². The molecule has 2 aliphatic rings. The topological polar surface area (TPSA) is 38.7 Å². The molecule has 3 nitrogen and oxygen atoms in total. The van der Waals surface area contributed by atoms with Crippen LogP contribution in [0.4, 0.5) is 0 Å². The molecule has 0 radical (unpaired) electrons. The molecule has 3 heteroatoms. The molecule has 0 aromatic heterocycles. The third-order valence-electron chi connectivity index (χ3n) is 4.33. The summed E-state index contributed by atoms with van der Waals surface area (Å²) in [5.74, 6) is 0.752. The van der Waals surface area contributed by atoms with Crippen LogP contribution in [-0.2, 0) is 9.62 Å². The van der Waals surface area contributed by atoms with Gasteiger partial charge in [-0.25, -0.2) is 5.26 Å². The highest BCUT2D eigenvalue weighted by molar-refractivity contribution is 5.00. The zero-order valence-corrected chi connectivity index (χ0v) is 12.2. The van der Waals surface area contributed by atoms with Gasteiger partial charge in [-0.15, -0.1) is 0 Å². The molecule has 2 aliphatic heterocycles. The average Bonchev–Trinajstić information content (AvgIpc) is 2.41. The van der Waals surface area contributed by atoms with Crippen molar-refractivity contribution in [1.29, 1.82) is 0 Å². The van der Waals surface area contributed by atoms with E-state index < -0.39 is 5.79 Å². The van der Waals surface area contributed by atoms with Crippen molar-refractivity contribution < 1.29 is 14.9 Å². The summed E-state index contributed by atoms with van der Waals surface area (Å²) >= 11 is 0. The number of hydrogen-bond acceptors (Lipinski definition) is 3. The van der Waals surface area contributed by atoms with E-state index in [0.29, 0.717) is 5.92 Å². The lowest BCUT2D eigenvalue weighted by Crippen LogP contribution is -2.40. The maximum Gasteiger partial charge on any atom is 0.240 e. The summed E-state index contributed by atoms with van der Waals surface area (Å²) < 4.78 is 6.00. The van der Waals surface area contributed by atoms with Gasteiger partial charge < -0.3 is 4.74 Å². The van der Waals surface area contributed by atoms with Crippen LogP contribution < -0.4 is 0 Å². The minimum atomic E-state index is -0.780. The second kappa shape index (κ2) is 7.30. The summed E-state index contributed by atoms with van der Waals surface area (Å²) in [5, 5.41) is 9.32. The lowest BCUT2D eigenvalue weighted by atomic mass is 9.90. The average molecular weight is 268 g/mol. The van der Waals surface area contributed by atoms with E-state index in [9.17, 15) is 5.26 Å². The Kier molecular flexibility index (Phi) is 5.71. The summed E-state index contributed by atoms with van der Waals surface area (Å²) in [6.45, 7) is 2.21. The summed E-state index contributed by atoms with van der Waals surface area (Å²) in [6, 6.07) is 0. The minimum absolute atomic E-state index is 0.511. The van der Waals surface area contributed by atoms with Crippen molar-refractivity contribution in [3.63, 3.8) is 0 Å². The maximum absolute atomic E-state index is 9.32. The van der Waals surface area contributed by atoms with E-state index >= 15 is 0 Å². The van der Waals surface area contributed by atoms with Gasteiger partial charge in [-0.3, -0.25) is 0 Å². The number of fused-ring (bicyclic) bond motifs is 2. The molecule has 2 rings (SSSR count). The first kappa shape index (κ1) is 14.9. The molecular weight excluding hydrogens is 240 g/mol. The van der Waals surface area contributed by atoms with Crippen LogP contribution in [0, 0.1) is 5.92 Å². The van der Waals surface area contributed by atoms with Crippen LogP contribution in [0.25, 0.3) is 0 Å². The molecule has 0 saturated carbocycles. The molecule has 2 heterocycles. The Morgan fingerprint density at radius 3 is 2.58 bits per heavy atom. The van der Waals surface area contributed by atoms with Crippen molar-refractivity contribution in [3.05, 3.63) is 11.8 Å². The molecular formula is C16H28O3. The van der Waals surface area contributed by atoms with Crippen molar-refractivity contribution in [3.8, 4) is 0 Å². The summed E-state index contributed by atoms with van der Waals surface area (Å²) in [7, 11) is 0. The van der Waals surface area contributed by atoms with Crippen LogP contribution in [0.2, 0.25) is 0 Å². The highest BCUT2D eigenvalue weighted by Crippen LogP contribution is 2.39. The van der Waals surface area contributed by atoms with Gasteiger partial charge in [0.15, 0.2) is 0 Å². The van der Waals surface area contributed by atoms with Crippen molar-refractivity contribution >= 4 is 0 Å². The Hall–Kier alpha value is -0.540. The third-order valence-corrected chi connectivity index (χ3v) is 4.33. The number of ether oxygens (including phenoxy) is 1. The van der Waals surface area contributed by atoms with Gasteiger partial charge in [0.05, 0.1) is 5.76 Å². The van der Waals surface area contributed by atoms with Crippen LogP contribution >= 0.6 is 0 Å². The fraction of sp³-hybridized carbons (Fsp3) is 0.875.